The average molecular weight is 277 g/mol. The molecule has 0 amide bonds. The van der Waals surface area contributed by atoms with Gasteiger partial charge in [0.2, 0.25) is 0 Å². The molecule has 0 aromatic heterocycles. The minimum absolute atomic E-state index is 0.208. The van der Waals surface area contributed by atoms with Gasteiger partial charge in [-0.1, -0.05) is 42.5 Å². The van der Waals surface area contributed by atoms with Crippen LogP contribution < -0.4 is 0 Å². The molecule has 2 aliphatic carbocycles. The molecule has 0 fully saturated rings. The van der Waals surface area contributed by atoms with E-state index in [0.717, 1.165) is 16.7 Å². The van der Waals surface area contributed by atoms with Gasteiger partial charge >= 0.3 is 0 Å². The fourth-order valence-corrected chi connectivity index (χ4v) is 2.87. The standard InChI is InChI=1S/C18H15NO2/c1-12-10-15(11-13(2)18(12)19(20)21)17-9-8-14-6-4-3-5-7-16(14)17/h3-11H,1-2H3. The molecule has 0 bridgehead atoms. The normalized spacial score (nSPS) is 10.8. The minimum Gasteiger partial charge on any atom is -0.258 e. The minimum atomic E-state index is -0.308. The molecule has 104 valence electrons. The summed E-state index contributed by atoms with van der Waals surface area (Å²) in [4.78, 5) is 10.8. The van der Waals surface area contributed by atoms with Crippen LogP contribution in [0.15, 0.2) is 54.6 Å². The summed E-state index contributed by atoms with van der Waals surface area (Å²) < 4.78 is 0. The summed E-state index contributed by atoms with van der Waals surface area (Å²) >= 11 is 0. The molecule has 3 heteroatoms. The van der Waals surface area contributed by atoms with Gasteiger partial charge in [-0.25, -0.2) is 0 Å². The topological polar surface area (TPSA) is 43.1 Å². The highest BCUT2D eigenvalue weighted by Crippen LogP contribution is 2.37. The van der Waals surface area contributed by atoms with Gasteiger partial charge in [0, 0.05) is 11.1 Å². The molecule has 0 unspecified atom stereocenters. The van der Waals surface area contributed by atoms with Gasteiger partial charge in [0.05, 0.1) is 4.92 Å². The number of hydrogen-bond donors (Lipinski definition) is 0. The van der Waals surface area contributed by atoms with Gasteiger partial charge in [-0.2, -0.15) is 0 Å². The molecule has 21 heavy (non-hydrogen) atoms. The van der Waals surface area contributed by atoms with Crippen LogP contribution >= 0.6 is 0 Å². The van der Waals surface area contributed by atoms with E-state index in [9.17, 15) is 10.1 Å². The highest BCUT2D eigenvalue weighted by atomic mass is 16.6. The summed E-state index contributed by atoms with van der Waals surface area (Å²) in [6.07, 6.45) is 0. The van der Waals surface area contributed by atoms with E-state index in [1.165, 1.54) is 5.56 Å². The number of nitro benzene ring substituents is 1. The zero-order valence-corrected chi connectivity index (χ0v) is 12.0. The van der Waals surface area contributed by atoms with Crippen LogP contribution in [0.3, 0.4) is 0 Å². The lowest BCUT2D eigenvalue weighted by molar-refractivity contribution is -0.386. The predicted molar refractivity (Wildman–Crippen MR) is 84.6 cm³/mol. The number of hydrogen-bond acceptors (Lipinski definition) is 2. The van der Waals surface area contributed by atoms with Crippen molar-refractivity contribution in [2.45, 2.75) is 13.8 Å². The smallest absolute Gasteiger partial charge is 0.258 e. The first-order chi connectivity index (χ1) is 10.1. The number of nitrogens with zero attached hydrogens (tertiary/aromatic N) is 1. The van der Waals surface area contributed by atoms with Crippen molar-refractivity contribution in [1.82, 2.24) is 0 Å². The molecule has 0 saturated carbocycles. The first-order valence-corrected chi connectivity index (χ1v) is 6.81. The zero-order valence-electron chi connectivity index (χ0n) is 12.0. The lowest BCUT2D eigenvalue weighted by atomic mass is 9.97. The molecule has 0 aliphatic heterocycles. The van der Waals surface area contributed by atoms with Gasteiger partial charge in [-0.15, -0.1) is 0 Å². The molecule has 1 aromatic carbocycles. The average Bonchev–Trinajstić information content (AvgIpc) is 2.66. The van der Waals surface area contributed by atoms with E-state index in [2.05, 4.69) is 24.3 Å². The largest absolute Gasteiger partial charge is 0.275 e. The van der Waals surface area contributed by atoms with Gasteiger partial charge < -0.3 is 0 Å². The van der Waals surface area contributed by atoms with Crippen LogP contribution in [0.1, 0.15) is 11.1 Å². The Hall–Kier alpha value is -2.68. The Balaban J connectivity index is 2.20. The second-order valence-electron chi connectivity index (χ2n) is 5.24. The predicted octanol–water partition coefficient (Wildman–Crippen LogP) is 4.98. The van der Waals surface area contributed by atoms with Crippen molar-refractivity contribution in [2.75, 3.05) is 0 Å². The first kappa shape index (κ1) is 13.3. The third-order valence-corrected chi connectivity index (χ3v) is 3.78. The highest BCUT2D eigenvalue weighted by Gasteiger charge is 2.18. The number of rotatable bonds is 2. The van der Waals surface area contributed by atoms with Crippen molar-refractivity contribution in [2.24, 2.45) is 0 Å². The highest BCUT2D eigenvalue weighted by molar-refractivity contribution is 5.87. The summed E-state index contributed by atoms with van der Waals surface area (Å²) in [5.41, 5.74) is 6.07. The van der Waals surface area contributed by atoms with E-state index >= 15 is 0 Å². The number of benzene rings is 1. The van der Waals surface area contributed by atoms with Crippen molar-refractivity contribution in [3.8, 4) is 22.3 Å². The summed E-state index contributed by atoms with van der Waals surface area (Å²) in [7, 11) is 0. The number of aryl methyl sites for hydroxylation is 2. The van der Waals surface area contributed by atoms with Crippen molar-refractivity contribution in [3.63, 3.8) is 0 Å². The number of fused-ring (bicyclic) bond motifs is 1. The van der Waals surface area contributed by atoms with E-state index in [1.54, 1.807) is 13.8 Å². The molecule has 3 nitrogen and oxygen atoms in total. The molecular weight excluding hydrogens is 262 g/mol. The maximum absolute atomic E-state index is 11.1. The zero-order chi connectivity index (χ0) is 15.0. The van der Waals surface area contributed by atoms with Crippen LogP contribution in [0.25, 0.3) is 22.3 Å². The number of nitro groups is 1. The molecule has 1 aromatic rings. The van der Waals surface area contributed by atoms with Crippen LogP contribution in [0.2, 0.25) is 0 Å². The Kier molecular flexibility index (Phi) is 3.18. The maximum Gasteiger partial charge on any atom is 0.275 e. The Morgan fingerprint density at radius 2 is 1.43 bits per heavy atom. The Labute approximate surface area is 123 Å². The molecule has 0 atom stereocenters. The van der Waals surface area contributed by atoms with Gasteiger partial charge in [0.15, 0.2) is 0 Å². The molecule has 2 aliphatic rings. The van der Waals surface area contributed by atoms with E-state index in [1.807, 2.05) is 30.3 Å². The summed E-state index contributed by atoms with van der Waals surface area (Å²) in [6.45, 7) is 3.58. The van der Waals surface area contributed by atoms with Crippen LogP contribution in [0, 0.1) is 24.0 Å². The second-order valence-corrected chi connectivity index (χ2v) is 5.24. The molecule has 0 heterocycles. The lowest BCUT2D eigenvalue weighted by Gasteiger charge is -2.07. The summed E-state index contributed by atoms with van der Waals surface area (Å²) in [5.74, 6) is 0. The van der Waals surface area contributed by atoms with Crippen LogP contribution in [-0.4, -0.2) is 4.92 Å². The second kappa shape index (κ2) is 5.02. The van der Waals surface area contributed by atoms with Gasteiger partial charge in [0.1, 0.15) is 0 Å². The monoisotopic (exact) mass is 277 g/mol. The third-order valence-electron chi connectivity index (χ3n) is 3.78. The Morgan fingerprint density at radius 3 is 2.10 bits per heavy atom. The van der Waals surface area contributed by atoms with E-state index < -0.39 is 0 Å². The fourth-order valence-electron chi connectivity index (χ4n) is 2.87. The lowest BCUT2D eigenvalue weighted by Crippen LogP contribution is -1.95. The van der Waals surface area contributed by atoms with Crippen LogP contribution in [0.4, 0.5) is 5.69 Å². The van der Waals surface area contributed by atoms with Crippen molar-refractivity contribution in [3.05, 3.63) is 75.8 Å². The quantitative estimate of drug-likeness (QED) is 0.489. The van der Waals surface area contributed by atoms with E-state index in [0.29, 0.717) is 11.1 Å². The Bertz CT molecular complexity index is 785. The molecular formula is C18H15NO2. The molecule has 0 N–H and O–H groups in total. The summed E-state index contributed by atoms with van der Waals surface area (Å²) in [5, 5.41) is 11.1. The molecule has 0 radical (unpaired) electrons. The van der Waals surface area contributed by atoms with Crippen molar-refractivity contribution in [1.29, 1.82) is 0 Å². The third kappa shape index (κ3) is 2.27. The first-order valence-electron chi connectivity index (χ1n) is 6.81. The SMILES string of the molecule is Cc1cc(-c2ccc3cccccc2-3)cc(C)c1[N+](=O)[O-]. The molecule has 0 saturated heterocycles. The van der Waals surface area contributed by atoms with Gasteiger partial charge in [-0.05, 0) is 48.2 Å². The van der Waals surface area contributed by atoms with E-state index in [-0.39, 0.29) is 10.6 Å². The van der Waals surface area contributed by atoms with Crippen LogP contribution in [0.5, 0.6) is 0 Å². The van der Waals surface area contributed by atoms with E-state index in [4.69, 9.17) is 0 Å². The fraction of sp³-hybridized carbons (Fsp3) is 0.111. The molecule has 0 spiro atoms. The maximum atomic E-state index is 11.1. The Morgan fingerprint density at radius 1 is 0.810 bits per heavy atom. The van der Waals surface area contributed by atoms with Crippen molar-refractivity contribution >= 4 is 5.69 Å². The molecule has 3 rings (SSSR count). The van der Waals surface area contributed by atoms with Crippen LogP contribution in [-0.2, 0) is 0 Å². The van der Waals surface area contributed by atoms with Gasteiger partial charge in [0.25, 0.3) is 5.69 Å². The van der Waals surface area contributed by atoms with Crippen molar-refractivity contribution < 1.29 is 4.92 Å². The van der Waals surface area contributed by atoms with Gasteiger partial charge in [-0.3, -0.25) is 10.1 Å². The summed E-state index contributed by atoms with van der Waals surface area (Å²) in [6, 6.07) is 18.1.